The molecular formula is C19H20O. The molecule has 1 aliphatic carbocycles. The minimum absolute atomic E-state index is 0.282. The average Bonchev–Trinajstić information content (AvgIpc) is 2.48. The van der Waals surface area contributed by atoms with Crippen molar-refractivity contribution in [3.05, 3.63) is 70.8 Å². The molecule has 2 aromatic rings. The zero-order valence-electron chi connectivity index (χ0n) is 11.9. The van der Waals surface area contributed by atoms with E-state index in [1.165, 1.54) is 17.5 Å². The first-order chi connectivity index (χ1) is 9.75. The van der Waals surface area contributed by atoms with E-state index in [0.29, 0.717) is 12.3 Å². The smallest absolute Gasteiger partial charge is 0.163 e. The van der Waals surface area contributed by atoms with Crippen LogP contribution < -0.4 is 0 Å². The summed E-state index contributed by atoms with van der Waals surface area (Å²) in [6.45, 7) is 2.02. The largest absolute Gasteiger partial charge is 0.294 e. The Labute approximate surface area is 120 Å². The highest BCUT2D eigenvalue weighted by molar-refractivity contribution is 5.97. The van der Waals surface area contributed by atoms with Gasteiger partial charge in [0.1, 0.15) is 0 Å². The lowest BCUT2D eigenvalue weighted by molar-refractivity contribution is 0.0970. The molecule has 0 spiro atoms. The van der Waals surface area contributed by atoms with Crippen LogP contribution >= 0.6 is 0 Å². The molecule has 0 bridgehead atoms. The van der Waals surface area contributed by atoms with Gasteiger partial charge in [-0.3, -0.25) is 4.79 Å². The van der Waals surface area contributed by atoms with Crippen molar-refractivity contribution >= 4 is 5.78 Å². The molecule has 0 radical (unpaired) electrons. The molecule has 0 aromatic heterocycles. The molecule has 0 saturated heterocycles. The van der Waals surface area contributed by atoms with E-state index in [0.717, 1.165) is 24.0 Å². The molecule has 20 heavy (non-hydrogen) atoms. The monoisotopic (exact) mass is 264 g/mol. The van der Waals surface area contributed by atoms with Gasteiger partial charge in [0.2, 0.25) is 0 Å². The number of carbonyl (C=O) groups is 1. The van der Waals surface area contributed by atoms with Crippen LogP contribution in [0.5, 0.6) is 0 Å². The zero-order valence-corrected chi connectivity index (χ0v) is 11.9. The third-order valence-electron chi connectivity index (χ3n) is 4.37. The first kappa shape index (κ1) is 13.1. The highest BCUT2D eigenvalue weighted by Crippen LogP contribution is 2.34. The summed E-state index contributed by atoms with van der Waals surface area (Å²) in [4.78, 5) is 12.5. The summed E-state index contributed by atoms with van der Waals surface area (Å²) in [7, 11) is 0. The van der Waals surface area contributed by atoms with Crippen LogP contribution in [-0.2, 0) is 6.42 Å². The van der Waals surface area contributed by atoms with Crippen molar-refractivity contribution in [1.29, 1.82) is 0 Å². The van der Waals surface area contributed by atoms with Gasteiger partial charge in [-0.25, -0.2) is 0 Å². The van der Waals surface area contributed by atoms with Crippen LogP contribution in [0, 0.1) is 6.92 Å². The van der Waals surface area contributed by atoms with E-state index in [1.807, 2.05) is 31.2 Å². The van der Waals surface area contributed by atoms with Gasteiger partial charge in [0.05, 0.1) is 0 Å². The predicted molar refractivity (Wildman–Crippen MR) is 82.2 cm³/mol. The maximum atomic E-state index is 12.5. The van der Waals surface area contributed by atoms with E-state index in [9.17, 15) is 4.79 Å². The van der Waals surface area contributed by atoms with Crippen molar-refractivity contribution < 1.29 is 4.79 Å². The second-order valence-corrected chi connectivity index (χ2v) is 5.73. The fourth-order valence-electron chi connectivity index (χ4n) is 3.29. The normalized spacial score (nSPS) is 17.6. The molecule has 1 heteroatoms. The minimum atomic E-state index is 0.282. The van der Waals surface area contributed by atoms with Crippen molar-refractivity contribution in [2.24, 2.45) is 0 Å². The number of hydrogen-bond donors (Lipinski definition) is 0. The number of rotatable bonds is 3. The van der Waals surface area contributed by atoms with E-state index in [1.54, 1.807) is 0 Å². The van der Waals surface area contributed by atoms with Gasteiger partial charge in [-0.1, -0.05) is 48.5 Å². The third-order valence-corrected chi connectivity index (χ3v) is 4.37. The molecule has 102 valence electrons. The number of benzene rings is 2. The number of hydrogen-bond acceptors (Lipinski definition) is 1. The third kappa shape index (κ3) is 2.53. The SMILES string of the molecule is Cc1ccccc1C(=O)CC1CCCc2ccccc21. The van der Waals surface area contributed by atoms with Gasteiger partial charge in [0, 0.05) is 12.0 Å². The average molecular weight is 264 g/mol. The van der Waals surface area contributed by atoms with Crippen molar-refractivity contribution in [2.75, 3.05) is 0 Å². The van der Waals surface area contributed by atoms with Gasteiger partial charge in [-0.05, 0) is 48.8 Å². The molecule has 0 aliphatic heterocycles. The van der Waals surface area contributed by atoms with E-state index in [4.69, 9.17) is 0 Å². The van der Waals surface area contributed by atoms with Gasteiger partial charge < -0.3 is 0 Å². The van der Waals surface area contributed by atoms with Crippen molar-refractivity contribution in [2.45, 2.75) is 38.5 Å². The number of aryl methyl sites for hydroxylation is 2. The second kappa shape index (κ2) is 5.62. The molecule has 2 aromatic carbocycles. The van der Waals surface area contributed by atoms with Crippen molar-refractivity contribution in [1.82, 2.24) is 0 Å². The molecule has 0 amide bonds. The summed E-state index contributed by atoms with van der Waals surface area (Å²) in [5.41, 5.74) is 4.79. The number of ketones is 1. The van der Waals surface area contributed by atoms with Crippen LogP contribution in [-0.4, -0.2) is 5.78 Å². The van der Waals surface area contributed by atoms with E-state index >= 15 is 0 Å². The molecule has 0 saturated carbocycles. The van der Waals surface area contributed by atoms with Crippen LogP contribution in [0.1, 0.15) is 52.2 Å². The van der Waals surface area contributed by atoms with Crippen molar-refractivity contribution in [3.8, 4) is 0 Å². The molecule has 1 unspecified atom stereocenters. The first-order valence-electron chi connectivity index (χ1n) is 7.42. The van der Waals surface area contributed by atoms with Gasteiger partial charge in [0.25, 0.3) is 0 Å². The van der Waals surface area contributed by atoms with Gasteiger partial charge >= 0.3 is 0 Å². The number of Topliss-reactive ketones (excluding diaryl/α,β-unsaturated/α-hetero) is 1. The lowest BCUT2D eigenvalue weighted by atomic mass is 9.79. The summed E-state index contributed by atoms with van der Waals surface area (Å²) < 4.78 is 0. The number of carbonyl (C=O) groups excluding carboxylic acids is 1. The van der Waals surface area contributed by atoms with Crippen LogP contribution in [0.25, 0.3) is 0 Å². The summed E-state index contributed by atoms with van der Waals surface area (Å²) >= 11 is 0. The Balaban J connectivity index is 1.83. The molecule has 1 atom stereocenters. The fraction of sp³-hybridized carbons (Fsp3) is 0.316. The van der Waals surface area contributed by atoms with Gasteiger partial charge in [-0.2, -0.15) is 0 Å². The summed E-state index contributed by atoms with van der Waals surface area (Å²) in [5.74, 6) is 0.678. The first-order valence-corrected chi connectivity index (χ1v) is 7.42. The van der Waals surface area contributed by atoms with Crippen LogP contribution in [0.2, 0.25) is 0 Å². The second-order valence-electron chi connectivity index (χ2n) is 5.73. The molecule has 1 nitrogen and oxygen atoms in total. The molecule has 0 heterocycles. The maximum absolute atomic E-state index is 12.5. The topological polar surface area (TPSA) is 17.1 Å². The Bertz CT molecular complexity index is 627. The lowest BCUT2D eigenvalue weighted by Gasteiger charge is -2.25. The molecule has 1 aliphatic rings. The van der Waals surface area contributed by atoms with Crippen LogP contribution in [0.15, 0.2) is 48.5 Å². The Morgan fingerprint density at radius 2 is 1.85 bits per heavy atom. The Morgan fingerprint density at radius 3 is 2.70 bits per heavy atom. The van der Waals surface area contributed by atoms with Crippen molar-refractivity contribution in [3.63, 3.8) is 0 Å². The van der Waals surface area contributed by atoms with E-state index < -0.39 is 0 Å². The zero-order chi connectivity index (χ0) is 13.9. The maximum Gasteiger partial charge on any atom is 0.163 e. The number of fused-ring (bicyclic) bond motifs is 1. The molecule has 0 fully saturated rings. The summed E-state index contributed by atoms with van der Waals surface area (Å²) in [6.07, 6.45) is 4.13. The Morgan fingerprint density at radius 1 is 1.10 bits per heavy atom. The predicted octanol–water partition coefficient (Wildman–Crippen LogP) is 4.69. The standard InChI is InChI=1S/C19H20O/c1-14-7-2-4-11-17(14)19(20)13-16-10-6-9-15-8-3-5-12-18(15)16/h2-5,7-8,11-12,16H,6,9-10,13H2,1H3. The summed E-state index contributed by atoms with van der Waals surface area (Å²) in [6, 6.07) is 16.5. The van der Waals surface area contributed by atoms with Crippen LogP contribution in [0.3, 0.4) is 0 Å². The minimum Gasteiger partial charge on any atom is -0.294 e. The van der Waals surface area contributed by atoms with Crippen LogP contribution in [0.4, 0.5) is 0 Å². The van der Waals surface area contributed by atoms with Gasteiger partial charge in [-0.15, -0.1) is 0 Å². The lowest BCUT2D eigenvalue weighted by Crippen LogP contribution is -2.14. The fourth-order valence-corrected chi connectivity index (χ4v) is 3.29. The Kier molecular flexibility index (Phi) is 3.68. The van der Waals surface area contributed by atoms with E-state index in [-0.39, 0.29) is 5.78 Å². The van der Waals surface area contributed by atoms with Gasteiger partial charge in [0.15, 0.2) is 5.78 Å². The molecule has 0 N–H and O–H groups in total. The van der Waals surface area contributed by atoms with E-state index in [2.05, 4.69) is 24.3 Å². The Hall–Kier alpha value is -1.89. The quantitative estimate of drug-likeness (QED) is 0.735. The molecular weight excluding hydrogens is 244 g/mol. The highest BCUT2D eigenvalue weighted by atomic mass is 16.1. The summed E-state index contributed by atoms with van der Waals surface area (Å²) in [5, 5.41) is 0. The highest BCUT2D eigenvalue weighted by Gasteiger charge is 2.23. The molecule has 3 rings (SSSR count).